The minimum atomic E-state index is -0.885. The van der Waals surface area contributed by atoms with Gasteiger partial charge in [-0.3, -0.25) is 14.5 Å². The molecule has 7 heteroatoms. The van der Waals surface area contributed by atoms with Gasteiger partial charge in [0.15, 0.2) is 0 Å². The molecule has 2 aromatic carbocycles. The van der Waals surface area contributed by atoms with Gasteiger partial charge < -0.3 is 19.5 Å². The molecule has 0 aromatic heterocycles. The largest absolute Gasteiger partial charge is 0.480 e. The van der Waals surface area contributed by atoms with E-state index in [1.54, 1.807) is 41.1 Å². The van der Waals surface area contributed by atoms with Crippen LogP contribution in [0.4, 0.5) is 0 Å². The standard InChI is InChI=1S/C21H24N2O5/c1-22(15-20(24)25)13-19-14-23(11-12-27-19)21(26)16-7-9-18(10-8-16)28-17-5-3-2-4-6-17/h2-10,19H,11-15H2,1H3,(H,24,25)/t19-/m0/s1. The first kappa shape index (κ1) is 19.9. The normalized spacial score (nSPS) is 16.8. The van der Waals surface area contributed by atoms with Gasteiger partial charge in [-0.1, -0.05) is 18.2 Å². The van der Waals surface area contributed by atoms with E-state index in [4.69, 9.17) is 14.6 Å². The topological polar surface area (TPSA) is 79.3 Å². The van der Waals surface area contributed by atoms with Gasteiger partial charge in [0.1, 0.15) is 11.5 Å². The third-order valence-electron chi connectivity index (χ3n) is 4.43. The molecule has 1 fully saturated rings. The number of morpholine rings is 1. The van der Waals surface area contributed by atoms with Crippen LogP contribution in [0.3, 0.4) is 0 Å². The molecule has 0 unspecified atom stereocenters. The van der Waals surface area contributed by atoms with Crippen LogP contribution in [0.5, 0.6) is 11.5 Å². The van der Waals surface area contributed by atoms with Crippen molar-refractivity contribution in [3.63, 3.8) is 0 Å². The number of likely N-dealkylation sites (N-methyl/N-ethyl adjacent to an activating group) is 1. The average Bonchev–Trinajstić information content (AvgIpc) is 2.68. The lowest BCUT2D eigenvalue weighted by atomic mass is 10.1. The molecule has 1 atom stereocenters. The van der Waals surface area contributed by atoms with Crippen molar-refractivity contribution >= 4 is 11.9 Å². The number of hydrogen-bond acceptors (Lipinski definition) is 5. The zero-order chi connectivity index (χ0) is 19.9. The van der Waals surface area contributed by atoms with E-state index in [1.165, 1.54) is 0 Å². The van der Waals surface area contributed by atoms with Crippen molar-refractivity contribution in [1.82, 2.24) is 9.80 Å². The summed E-state index contributed by atoms with van der Waals surface area (Å²) in [6.45, 7) is 1.79. The van der Waals surface area contributed by atoms with Gasteiger partial charge in [0, 0.05) is 25.2 Å². The van der Waals surface area contributed by atoms with E-state index in [0.717, 1.165) is 5.75 Å². The van der Waals surface area contributed by atoms with E-state index in [1.807, 2.05) is 30.3 Å². The molecule has 0 bridgehead atoms. The Morgan fingerprint density at radius 2 is 1.82 bits per heavy atom. The quantitative estimate of drug-likeness (QED) is 0.789. The highest BCUT2D eigenvalue weighted by atomic mass is 16.5. The smallest absolute Gasteiger partial charge is 0.317 e. The van der Waals surface area contributed by atoms with E-state index < -0.39 is 5.97 Å². The van der Waals surface area contributed by atoms with Crippen LogP contribution in [0.15, 0.2) is 54.6 Å². The van der Waals surface area contributed by atoms with Crippen LogP contribution in [0.1, 0.15) is 10.4 Å². The molecule has 7 nitrogen and oxygen atoms in total. The first-order valence-corrected chi connectivity index (χ1v) is 9.15. The van der Waals surface area contributed by atoms with E-state index in [9.17, 15) is 9.59 Å². The summed E-state index contributed by atoms with van der Waals surface area (Å²) in [7, 11) is 1.73. The molecular formula is C21H24N2O5. The molecule has 1 aliphatic heterocycles. The van der Waals surface area contributed by atoms with Crippen LogP contribution < -0.4 is 4.74 Å². The number of carboxylic acid groups (broad SMARTS) is 1. The van der Waals surface area contributed by atoms with Crippen molar-refractivity contribution in [2.75, 3.05) is 39.8 Å². The van der Waals surface area contributed by atoms with Crippen molar-refractivity contribution in [2.24, 2.45) is 0 Å². The summed E-state index contributed by atoms with van der Waals surface area (Å²) in [6, 6.07) is 16.5. The Kier molecular flexibility index (Phi) is 6.62. The van der Waals surface area contributed by atoms with E-state index in [2.05, 4.69) is 0 Å². The molecule has 28 heavy (non-hydrogen) atoms. The maximum Gasteiger partial charge on any atom is 0.317 e. The Bertz CT molecular complexity index is 794. The lowest BCUT2D eigenvalue weighted by Gasteiger charge is -2.34. The molecule has 0 aliphatic carbocycles. The highest BCUT2D eigenvalue weighted by Gasteiger charge is 2.26. The fourth-order valence-electron chi connectivity index (χ4n) is 3.13. The number of carbonyl (C=O) groups excluding carboxylic acids is 1. The van der Waals surface area contributed by atoms with Gasteiger partial charge in [0.2, 0.25) is 0 Å². The lowest BCUT2D eigenvalue weighted by Crippen LogP contribution is -2.49. The summed E-state index contributed by atoms with van der Waals surface area (Å²) in [4.78, 5) is 27.0. The number of amides is 1. The summed E-state index contributed by atoms with van der Waals surface area (Å²) in [5, 5.41) is 8.86. The van der Waals surface area contributed by atoms with Gasteiger partial charge in [-0.15, -0.1) is 0 Å². The van der Waals surface area contributed by atoms with Crippen LogP contribution in [0, 0.1) is 0 Å². The average molecular weight is 384 g/mol. The molecule has 0 radical (unpaired) electrons. The highest BCUT2D eigenvalue weighted by Crippen LogP contribution is 2.22. The highest BCUT2D eigenvalue weighted by molar-refractivity contribution is 5.94. The van der Waals surface area contributed by atoms with Crippen LogP contribution in [0.2, 0.25) is 0 Å². The van der Waals surface area contributed by atoms with E-state index >= 15 is 0 Å². The van der Waals surface area contributed by atoms with Crippen molar-refractivity contribution < 1.29 is 24.2 Å². The fraction of sp³-hybridized carbons (Fsp3) is 0.333. The first-order chi connectivity index (χ1) is 13.5. The summed E-state index contributed by atoms with van der Waals surface area (Å²) in [5.41, 5.74) is 0.583. The predicted octanol–water partition coefficient (Wildman–Crippen LogP) is 2.34. The molecule has 3 rings (SSSR count). The number of carboxylic acids is 1. The Hall–Kier alpha value is -2.90. The number of benzene rings is 2. The Labute approximate surface area is 164 Å². The molecule has 0 spiro atoms. The summed E-state index contributed by atoms with van der Waals surface area (Å²) in [6.07, 6.45) is -0.206. The third-order valence-corrected chi connectivity index (χ3v) is 4.43. The molecule has 2 aromatic rings. The second-order valence-electron chi connectivity index (χ2n) is 6.77. The van der Waals surface area contributed by atoms with Crippen molar-refractivity contribution in [3.05, 3.63) is 60.2 Å². The Morgan fingerprint density at radius 3 is 2.50 bits per heavy atom. The molecular weight excluding hydrogens is 360 g/mol. The SMILES string of the molecule is CN(CC(=O)O)C[C@H]1CN(C(=O)c2ccc(Oc3ccccc3)cc2)CCO1. The maximum absolute atomic E-state index is 12.8. The molecule has 1 amide bonds. The van der Waals surface area contributed by atoms with E-state index in [0.29, 0.717) is 37.6 Å². The third kappa shape index (κ3) is 5.55. The summed E-state index contributed by atoms with van der Waals surface area (Å²) < 4.78 is 11.4. The minimum absolute atomic E-state index is 0.0588. The maximum atomic E-state index is 12.8. The predicted molar refractivity (Wildman–Crippen MR) is 104 cm³/mol. The lowest BCUT2D eigenvalue weighted by molar-refractivity contribution is -0.138. The number of rotatable bonds is 7. The molecule has 1 heterocycles. The van der Waals surface area contributed by atoms with Crippen LogP contribution in [0.25, 0.3) is 0 Å². The zero-order valence-corrected chi connectivity index (χ0v) is 15.8. The zero-order valence-electron chi connectivity index (χ0n) is 15.8. The number of aliphatic carboxylic acids is 1. The van der Waals surface area contributed by atoms with Gasteiger partial charge in [-0.25, -0.2) is 0 Å². The van der Waals surface area contributed by atoms with Gasteiger partial charge >= 0.3 is 5.97 Å². The fourth-order valence-corrected chi connectivity index (χ4v) is 3.13. The number of ether oxygens (including phenoxy) is 2. The summed E-state index contributed by atoms with van der Waals surface area (Å²) in [5.74, 6) is 0.450. The minimum Gasteiger partial charge on any atom is -0.480 e. The van der Waals surface area contributed by atoms with Crippen LogP contribution in [-0.4, -0.2) is 72.7 Å². The van der Waals surface area contributed by atoms with Gasteiger partial charge in [-0.2, -0.15) is 0 Å². The molecule has 1 saturated heterocycles. The number of para-hydroxylation sites is 1. The molecule has 1 N–H and O–H groups in total. The van der Waals surface area contributed by atoms with Crippen molar-refractivity contribution in [3.8, 4) is 11.5 Å². The van der Waals surface area contributed by atoms with Crippen molar-refractivity contribution in [2.45, 2.75) is 6.10 Å². The van der Waals surface area contributed by atoms with Gasteiger partial charge in [0.25, 0.3) is 5.91 Å². The van der Waals surface area contributed by atoms with Gasteiger partial charge in [-0.05, 0) is 43.4 Å². The molecule has 148 valence electrons. The van der Waals surface area contributed by atoms with Gasteiger partial charge in [0.05, 0.1) is 19.3 Å². The second-order valence-corrected chi connectivity index (χ2v) is 6.77. The first-order valence-electron chi connectivity index (χ1n) is 9.15. The van der Waals surface area contributed by atoms with Crippen LogP contribution in [-0.2, 0) is 9.53 Å². The Morgan fingerprint density at radius 1 is 1.14 bits per heavy atom. The monoisotopic (exact) mass is 384 g/mol. The number of nitrogens with zero attached hydrogens (tertiary/aromatic N) is 2. The van der Waals surface area contributed by atoms with E-state index in [-0.39, 0.29) is 18.6 Å². The van der Waals surface area contributed by atoms with Crippen molar-refractivity contribution in [1.29, 1.82) is 0 Å². The number of carbonyl (C=O) groups is 2. The number of hydrogen-bond donors (Lipinski definition) is 1. The molecule has 0 saturated carbocycles. The summed E-state index contributed by atoms with van der Waals surface area (Å²) >= 11 is 0. The molecule has 1 aliphatic rings. The van der Waals surface area contributed by atoms with Crippen LogP contribution >= 0.6 is 0 Å². The Balaban J connectivity index is 1.57. The second kappa shape index (κ2) is 9.34.